The van der Waals surface area contributed by atoms with Crippen LogP contribution >= 0.6 is 45.8 Å². The molecule has 118 valence electrons. The molecule has 23 heavy (non-hydrogen) atoms. The SMILES string of the molecule is COc1cc(/C=C(\C#N)c2ccc(Cl)cc2Cl)cc(I)c1OC. The number of nitrogens with zero attached hydrogens (tertiary/aromatic N) is 1. The van der Waals surface area contributed by atoms with Crippen LogP contribution in [0.25, 0.3) is 11.6 Å². The molecule has 2 aromatic rings. The van der Waals surface area contributed by atoms with Gasteiger partial charge in [-0.15, -0.1) is 0 Å². The first-order chi connectivity index (χ1) is 11.0. The Morgan fingerprint density at radius 3 is 2.48 bits per heavy atom. The van der Waals surface area contributed by atoms with Gasteiger partial charge in [0.05, 0.1) is 34.5 Å². The van der Waals surface area contributed by atoms with E-state index in [-0.39, 0.29) is 0 Å². The second kappa shape index (κ2) is 7.91. The van der Waals surface area contributed by atoms with E-state index in [1.54, 1.807) is 38.5 Å². The topological polar surface area (TPSA) is 42.2 Å². The summed E-state index contributed by atoms with van der Waals surface area (Å²) in [6, 6.07) is 10.9. The summed E-state index contributed by atoms with van der Waals surface area (Å²) in [6.07, 6.45) is 1.75. The van der Waals surface area contributed by atoms with Gasteiger partial charge in [-0.1, -0.05) is 29.3 Å². The largest absolute Gasteiger partial charge is 0.493 e. The Bertz CT molecular complexity index is 813. The Kier molecular flexibility index (Phi) is 6.17. The van der Waals surface area contributed by atoms with E-state index in [0.717, 1.165) is 9.13 Å². The number of hydrogen-bond acceptors (Lipinski definition) is 3. The van der Waals surface area contributed by atoms with Gasteiger partial charge in [-0.3, -0.25) is 0 Å². The fraction of sp³-hybridized carbons (Fsp3) is 0.118. The third-order valence-electron chi connectivity index (χ3n) is 3.11. The molecule has 0 aromatic heterocycles. The lowest BCUT2D eigenvalue weighted by atomic mass is 10.0. The van der Waals surface area contributed by atoms with Crippen LogP contribution in [-0.4, -0.2) is 14.2 Å². The van der Waals surface area contributed by atoms with E-state index in [9.17, 15) is 5.26 Å². The van der Waals surface area contributed by atoms with Crippen molar-refractivity contribution in [2.24, 2.45) is 0 Å². The first-order valence-corrected chi connectivity index (χ1v) is 8.32. The van der Waals surface area contributed by atoms with Gasteiger partial charge in [-0.05, 0) is 58.5 Å². The Balaban J connectivity index is 2.54. The van der Waals surface area contributed by atoms with Crippen molar-refractivity contribution in [3.05, 3.63) is 55.1 Å². The third kappa shape index (κ3) is 4.11. The summed E-state index contributed by atoms with van der Waals surface area (Å²) in [5, 5.41) is 10.4. The molecule has 0 amide bonds. The second-order valence-corrected chi connectivity index (χ2v) is 6.54. The van der Waals surface area contributed by atoms with Gasteiger partial charge in [-0.25, -0.2) is 0 Å². The highest BCUT2D eigenvalue weighted by Gasteiger charge is 2.12. The molecular formula is C17H12Cl2INO2. The maximum Gasteiger partial charge on any atom is 0.174 e. The first-order valence-electron chi connectivity index (χ1n) is 6.49. The zero-order valence-electron chi connectivity index (χ0n) is 12.4. The van der Waals surface area contributed by atoms with E-state index >= 15 is 0 Å². The fourth-order valence-electron chi connectivity index (χ4n) is 2.07. The van der Waals surface area contributed by atoms with Crippen LogP contribution in [-0.2, 0) is 0 Å². The average Bonchev–Trinajstić information content (AvgIpc) is 2.52. The number of halogens is 3. The lowest BCUT2D eigenvalue weighted by Crippen LogP contribution is -1.94. The van der Waals surface area contributed by atoms with Crippen molar-refractivity contribution >= 4 is 57.4 Å². The number of rotatable bonds is 4. The lowest BCUT2D eigenvalue weighted by molar-refractivity contribution is 0.353. The van der Waals surface area contributed by atoms with Crippen LogP contribution in [0.4, 0.5) is 0 Å². The van der Waals surface area contributed by atoms with Gasteiger partial charge in [0, 0.05) is 10.6 Å². The molecule has 0 aliphatic carbocycles. The molecule has 2 rings (SSSR count). The smallest absolute Gasteiger partial charge is 0.174 e. The highest BCUT2D eigenvalue weighted by molar-refractivity contribution is 14.1. The summed E-state index contributed by atoms with van der Waals surface area (Å²) in [4.78, 5) is 0. The minimum absolute atomic E-state index is 0.431. The number of nitriles is 1. The summed E-state index contributed by atoms with van der Waals surface area (Å²) in [7, 11) is 3.16. The van der Waals surface area contributed by atoms with Crippen LogP contribution in [0.1, 0.15) is 11.1 Å². The van der Waals surface area contributed by atoms with E-state index in [2.05, 4.69) is 28.7 Å². The summed E-state index contributed by atoms with van der Waals surface area (Å²) >= 11 is 14.2. The molecule has 0 bridgehead atoms. The average molecular weight is 460 g/mol. The summed E-state index contributed by atoms with van der Waals surface area (Å²) in [6.45, 7) is 0. The number of benzene rings is 2. The Hall–Kier alpha value is -1.42. The van der Waals surface area contributed by atoms with Crippen molar-refractivity contribution < 1.29 is 9.47 Å². The van der Waals surface area contributed by atoms with Crippen LogP contribution in [0.5, 0.6) is 11.5 Å². The van der Waals surface area contributed by atoms with E-state index in [1.165, 1.54) is 0 Å². The van der Waals surface area contributed by atoms with Crippen molar-refractivity contribution in [3.8, 4) is 17.6 Å². The predicted octanol–water partition coefficient (Wildman–Crippen LogP) is 5.68. The van der Waals surface area contributed by atoms with Crippen molar-refractivity contribution in [3.63, 3.8) is 0 Å². The molecule has 0 atom stereocenters. The first kappa shape index (κ1) is 17.9. The van der Waals surface area contributed by atoms with Gasteiger partial charge in [0.15, 0.2) is 11.5 Å². The Labute approximate surface area is 158 Å². The van der Waals surface area contributed by atoms with Crippen LogP contribution < -0.4 is 9.47 Å². The predicted molar refractivity (Wildman–Crippen MR) is 102 cm³/mol. The van der Waals surface area contributed by atoms with Gasteiger partial charge >= 0.3 is 0 Å². The second-order valence-electron chi connectivity index (χ2n) is 4.53. The van der Waals surface area contributed by atoms with Crippen molar-refractivity contribution in [2.75, 3.05) is 14.2 Å². The van der Waals surface area contributed by atoms with E-state index in [1.807, 2.05) is 12.1 Å². The molecule has 0 fully saturated rings. The quantitative estimate of drug-likeness (QED) is 0.335. The molecule has 0 aliphatic rings. The molecule has 6 heteroatoms. The van der Waals surface area contributed by atoms with Crippen molar-refractivity contribution in [1.82, 2.24) is 0 Å². The molecule has 0 heterocycles. The molecule has 0 radical (unpaired) electrons. The van der Waals surface area contributed by atoms with Gasteiger partial charge in [0.2, 0.25) is 0 Å². The summed E-state index contributed by atoms with van der Waals surface area (Å²) in [5.74, 6) is 1.26. The van der Waals surface area contributed by atoms with Gasteiger partial charge in [0.1, 0.15) is 0 Å². The van der Waals surface area contributed by atoms with Crippen molar-refractivity contribution in [2.45, 2.75) is 0 Å². The molecular weight excluding hydrogens is 448 g/mol. The summed E-state index contributed by atoms with van der Waals surface area (Å²) < 4.78 is 11.5. The lowest BCUT2D eigenvalue weighted by Gasteiger charge is -2.11. The van der Waals surface area contributed by atoms with Gasteiger partial charge in [0.25, 0.3) is 0 Å². The standard InChI is InChI=1S/C17H12Cl2INO2/c1-22-16-7-10(6-15(20)17(16)23-2)5-11(9-21)13-4-3-12(18)8-14(13)19/h3-8H,1-2H3/b11-5+. The monoisotopic (exact) mass is 459 g/mol. The maximum atomic E-state index is 9.46. The van der Waals surface area contributed by atoms with E-state index in [4.69, 9.17) is 32.7 Å². The number of hydrogen-bond donors (Lipinski definition) is 0. The highest BCUT2D eigenvalue weighted by atomic mass is 127. The molecule has 0 unspecified atom stereocenters. The Morgan fingerprint density at radius 1 is 1.17 bits per heavy atom. The van der Waals surface area contributed by atoms with Crippen LogP contribution in [0.3, 0.4) is 0 Å². The van der Waals surface area contributed by atoms with Gasteiger partial charge in [-0.2, -0.15) is 5.26 Å². The van der Waals surface area contributed by atoms with Crippen molar-refractivity contribution in [1.29, 1.82) is 5.26 Å². The van der Waals surface area contributed by atoms with Crippen LogP contribution in [0.15, 0.2) is 30.3 Å². The molecule has 0 saturated heterocycles. The zero-order valence-corrected chi connectivity index (χ0v) is 16.0. The molecule has 0 saturated carbocycles. The molecule has 0 spiro atoms. The number of methoxy groups -OCH3 is 2. The molecule has 3 nitrogen and oxygen atoms in total. The number of allylic oxidation sites excluding steroid dienone is 1. The molecule has 2 aromatic carbocycles. The Morgan fingerprint density at radius 2 is 1.91 bits per heavy atom. The third-order valence-corrected chi connectivity index (χ3v) is 4.46. The minimum Gasteiger partial charge on any atom is -0.493 e. The van der Waals surface area contributed by atoms with Crippen LogP contribution in [0.2, 0.25) is 10.0 Å². The minimum atomic E-state index is 0.431. The highest BCUT2D eigenvalue weighted by Crippen LogP contribution is 2.35. The van der Waals surface area contributed by atoms with Crippen LogP contribution in [0, 0.1) is 14.9 Å². The number of ether oxygens (including phenoxy) is 2. The maximum absolute atomic E-state index is 9.46. The fourth-order valence-corrected chi connectivity index (χ4v) is 3.42. The van der Waals surface area contributed by atoms with Gasteiger partial charge < -0.3 is 9.47 Å². The summed E-state index contributed by atoms with van der Waals surface area (Å²) in [5.41, 5.74) is 1.88. The van der Waals surface area contributed by atoms with E-state index < -0.39 is 0 Å². The molecule has 0 N–H and O–H groups in total. The molecule has 0 aliphatic heterocycles. The van der Waals surface area contributed by atoms with E-state index in [0.29, 0.717) is 32.7 Å². The normalized spacial score (nSPS) is 11.0. The zero-order chi connectivity index (χ0) is 17.0.